The minimum Gasteiger partial charge on any atom is -0.489 e. The van der Waals surface area contributed by atoms with Crippen molar-refractivity contribution in [2.45, 2.75) is 6.92 Å². The second kappa shape index (κ2) is 5.84. The van der Waals surface area contributed by atoms with Crippen LogP contribution in [-0.4, -0.2) is 25.5 Å². The van der Waals surface area contributed by atoms with E-state index in [1.165, 1.54) is 20.1 Å². The lowest BCUT2D eigenvalue weighted by Crippen LogP contribution is -2.06. The van der Waals surface area contributed by atoms with Crippen LogP contribution in [0, 0.1) is 0 Å². The van der Waals surface area contributed by atoms with Crippen molar-refractivity contribution in [3.8, 4) is 5.75 Å². The fourth-order valence-corrected chi connectivity index (χ4v) is 1.32. The van der Waals surface area contributed by atoms with Gasteiger partial charge in [0, 0.05) is 0 Å². The van der Waals surface area contributed by atoms with Crippen LogP contribution in [0.1, 0.15) is 27.6 Å². The quantitative estimate of drug-likeness (QED) is 0.445. The lowest BCUT2D eigenvalue weighted by atomic mass is 10.1. The molecule has 0 radical (unpaired) electrons. The zero-order valence-electron chi connectivity index (χ0n) is 9.86. The second-order valence-electron chi connectivity index (χ2n) is 3.36. The van der Waals surface area contributed by atoms with Crippen molar-refractivity contribution in [1.82, 2.24) is 0 Å². The highest BCUT2D eigenvalue weighted by molar-refractivity contribution is 6.00. The molecule has 17 heavy (non-hydrogen) atoms. The van der Waals surface area contributed by atoms with Crippen molar-refractivity contribution in [3.63, 3.8) is 0 Å². The number of rotatable bonds is 5. The fraction of sp³-hybridized carbons (Fsp3) is 0.231. The van der Waals surface area contributed by atoms with E-state index in [1.54, 1.807) is 18.2 Å². The topological polar surface area (TPSA) is 52.6 Å². The number of carbonyl (C=O) groups is 2. The molecule has 4 nitrogen and oxygen atoms in total. The van der Waals surface area contributed by atoms with Gasteiger partial charge in [0.2, 0.25) is 0 Å². The smallest absolute Gasteiger partial charge is 0.337 e. The summed E-state index contributed by atoms with van der Waals surface area (Å²) in [6.45, 7) is 5.24. The van der Waals surface area contributed by atoms with E-state index in [9.17, 15) is 9.59 Å². The summed E-state index contributed by atoms with van der Waals surface area (Å²) in [7, 11) is 1.29. The number of hydrogen-bond acceptors (Lipinski definition) is 4. The SMILES string of the molecule is C=CCOc1ccc(C(=O)OC)cc1C(C)=O. The summed E-state index contributed by atoms with van der Waals surface area (Å²) in [5.74, 6) is -0.220. The molecule has 1 rings (SSSR count). The molecule has 0 heterocycles. The third kappa shape index (κ3) is 3.17. The van der Waals surface area contributed by atoms with Crippen molar-refractivity contribution in [2.75, 3.05) is 13.7 Å². The molecule has 1 aromatic rings. The summed E-state index contributed by atoms with van der Waals surface area (Å²) >= 11 is 0. The van der Waals surface area contributed by atoms with Crippen LogP contribution in [-0.2, 0) is 4.74 Å². The molecule has 0 spiro atoms. The molecule has 0 aliphatic carbocycles. The fourth-order valence-electron chi connectivity index (χ4n) is 1.32. The van der Waals surface area contributed by atoms with Crippen LogP contribution in [0.4, 0.5) is 0 Å². The average Bonchev–Trinajstić information content (AvgIpc) is 2.35. The summed E-state index contributed by atoms with van der Waals surface area (Å²) in [4.78, 5) is 22.8. The number of carbonyl (C=O) groups excluding carboxylic acids is 2. The molecular weight excluding hydrogens is 220 g/mol. The molecule has 0 bridgehead atoms. The van der Waals surface area contributed by atoms with Crippen molar-refractivity contribution < 1.29 is 19.1 Å². The Morgan fingerprint density at radius 2 is 2.12 bits per heavy atom. The molecule has 0 aliphatic heterocycles. The Labute approximate surface area is 99.8 Å². The first-order valence-corrected chi connectivity index (χ1v) is 5.07. The minimum absolute atomic E-state index is 0.171. The first-order chi connectivity index (χ1) is 8.10. The average molecular weight is 234 g/mol. The molecule has 4 heteroatoms. The van der Waals surface area contributed by atoms with Crippen LogP contribution in [0.5, 0.6) is 5.75 Å². The largest absolute Gasteiger partial charge is 0.489 e. The van der Waals surface area contributed by atoms with Crippen molar-refractivity contribution >= 4 is 11.8 Å². The van der Waals surface area contributed by atoms with Gasteiger partial charge in [-0.25, -0.2) is 4.79 Å². The van der Waals surface area contributed by atoms with E-state index in [-0.39, 0.29) is 5.78 Å². The first kappa shape index (κ1) is 13.0. The van der Waals surface area contributed by atoms with Crippen LogP contribution >= 0.6 is 0 Å². The van der Waals surface area contributed by atoms with Crippen molar-refractivity contribution in [2.24, 2.45) is 0 Å². The van der Waals surface area contributed by atoms with Gasteiger partial charge in [0.05, 0.1) is 18.2 Å². The Hall–Kier alpha value is -2.10. The first-order valence-electron chi connectivity index (χ1n) is 5.07. The maximum Gasteiger partial charge on any atom is 0.337 e. The maximum atomic E-state index is 11.4. The molecular formula is C13H14O4. The molecule has 1 aromatic carbocycles. The van der Waals surface area contributed by atoms with E-state index in [2.05, 4.69) is 11.3 Å². The predicted octanol–water partition coefficient (Wildman–Crippen LogP) is 2.24. The number of Topliss-reactive ketones (excluding diaryl/α,β-unsaturated/α-hetero) is 1. The molecule has 0 unspecified atom stereocenters. The van der Waals surface area contributed by atoms with Gasteiger partial charge in [-0.2, -0.15) is 0 Å². The molecule has 0 atom stereocenters. The third-order valence-electron chi connectivity index (χ3n) is 2.14. The van der Waals surface area contributed by atoms with Gasteiger partial charge in [0.1, 0.15) is 12.4 Å². The Bertz CT molecular complexity index is 449. The molecule has 0 N–H and O–H groups in total. The van der Waals surface area contributed by atoms with E-state index in [0.717, 1.165) is 0 Å². The van der Waals surface area contributed by atoms with Crippen LogP contribution in [0.2, 0.25) is 0 Å². The Balaban J connectivity index is 3.12. The van der Waals surface area contributed by atoms with E-state index >= 15 is 0 Å². The van der Waals surface area contributed by atoms with Crippen LogP contribution in [0.15, 0.2) is 30.9 Å². The Kier molecular flexibility index (Phi) is 4.46. The van der Waals surface area contributed by atoms with E-state index in [1.807, 2.05) is 0 Å². The van der Waals surface area contributed by atoms with Crippen LogP contribution in [0.25, 0.3) is 0 Å². The highest BCUT2D eigenvalue weighted by Gasteiger charge is 2.13. The summed E-state index contributed by atoms with van der Waals surface area (Å²) < 4.78 is 9.91. The van der Waals surface area contributed by atoms with Gasteiger partial charge in [-0.15, -0.1) is 0 Å². The van der Waals surface area contributed by atoms with Gasteiger partial charge in [0.15, 0.2) is 5.78 Å². The van der Waals surface area contributed by atoms with Gasteiger partial charge in [-0.3, -0.25) is 4.79 Å². The molecule has 0 aliphatic rings. The number of ether oxygens (including phenoxy) is 2. The molecule has 0 saturated heterocycles. The molecule has 90 valence electrons. The molecule has 0 saturated carbocycles. The van der Waals surface area contributed by atoms with Gasteiger partial charge >= 0.3 is 5.97 Å². The number of methoxy groups -OCH3 is 1. The molecule has 0 aromatic heterocycles. The van der Waals surface area contributed by atoms with Gasteiger partial charge in [0.25, 0.3) is 0 Å². The van der Waals surface area contributed by atoms with E-state index < -0.39 is 5.97 Å². The minimum atomic E-state index is -0.484. The second-order valence-corrected chi connectivity index (χ2v) is 3.36. The molecule has 0 amide bonds. The summed E-state index contributed by atoms with van der Waals surface area (Å²) in [6, 6.07) is 4.59. The summed E-state index contributed by atoms with van der Waals surface area (Å²) in [5, 5.41) is 0. The Morgan fingerprint density at radius 3 is 2.65 bits per heavy atom. The van der Waals surface area contributed by atoms with Crippen molar-refractivity contribution in [3.05, 3.63) is 42.0 Å². The Morgan fingerprint density at radius 1 is 1.41 bits per heavy atom. The number of esters is 1. The van der Waals surface area contributed by atoms with Crippen molar-refractivity contribution in [1.29, 1.82) is 0 Å². The number of benzene rings is 1. The van der Waals surface area contributed by atoms with Crippen LogP contribution < -0.4 is 4.74 Å². The summed E-state index contributed by atoms with van der Waals surface area (Å²) in [6.07, 6.45) is 1.58. The van der Waals surface area contributed by atoms with Crippen LogP contribution in [0.3, 0.4) is 0 Å². The maximum absolute atomic E-state index is 11.4. The lowest BCUT2D eigenvalue weighted by molar-refractivity contribution is 0.0600. The zero-order valence-corrected chi connectivity index (χ0v) is 9.86. The number of ketones is 1. The highest BCUT2D eigenvalue weighted by Crippen LogP contribution is 2.21. The molecule has 0 fully saturated rings. The zero-order chi connectivity index (χ0) is 12.8. The van der Waals surface area contributed by atoms with E-state index in [0.29, 0.717) is 23.5 Å². The highest BCUT2D eigenvalue weighted by atomic mass is 16.5. The van der Waals surface area contributed by atoms with Gasteiger partial charge in [-0.1, -0.05) is 12.7 Å². The number of hydrogen-bond donors (Lipinski definition) is 0. The predicted molar refractivity (Wildman–Crippen MR) is 63.5 cm³/mol. The van der Waals surface area contributed by atoms with Gasteiger partial charge in [-0.05, 0) is 25.1 Å². The van der Waals surface area contributed by atoms with E-state index in [4.69, 9.17) is 4.74 Å². The standard InChI is InChI=1S/C13H14O4/c1-4-7-17-12-6-5-10(13(15)16-3)8-11(12)9(2)14/h4-6,8H,1,7H2,2-3H3. The summed E-state index contributed by atoms with van der Waals surface area (Å²) in [5.41, 5.74) is 0.679. The van der Waals surface area contributed by atoms with Gasteiger partial charge < -0.3 is 9.47 Å². The lowest BCUT2D eigenvalue weighted by Gasteiger charge is -2.09. The monoisotopic (exact) mass is 234 g/mol. The normalized spacial score (nSPS) is 9.53. The third-order valence-corrected chi connectivity index (χ3v) is 2.14.